The molecule has 0 aromatic heterocycles. The van der Waals surface area contributed by atoms with E-state index in [1.54, 1.807) is 0 Å². The van der Waals surface area contributed by atoms with Crippen LogP contribution in [0.5, 0.6) is 0 Å². The normalized spacial score (nSPS) is 50.2. The maximum absolute atomic E-state index is 11.1. The summed E-state index contributed by atoms with van der Waals surface area (Å²) in [5, 5.41) is 34.6. The van der Waals surface area contributed by atoms with E-state index in [1.807, 2.05) is 0 Å². The highest BCUT2D eigenvalue weighted by atomic mass is 16.6. The number of aliphatic hydroxyl groups excluding tert-OH is 1. The van der Waals surface area contributed by atoms with Gasteiger partial charge in [-0.3, -0.25) is 0 Å². The topological polar surface area (TPSA) is 99.4 Å². The van der Waals surface area contributed by atoms with Crippen molar-refractivity contribution in [1.82, 2.24) is 0 Å². The minimum atomic E-state index is -1.42. The number of carbonyl (C=O) groups is 1. The number of hydrogen-bond donors (Lipinski definition) is 3. The fraction of sp³-hybridized carbons (Fsp3) is 0.826. The highest BCUT2D eigenvalue weighted by Gasteiger charge is 2.67. The maximum atomic E-state index is 11.1. The van der Waals surface area contributed by atoms with Gasteiger partial charge in [0, 0.05) is 5.41 Å². The number of carboxylic acid groups (broad SMARTS) is 1. The van der Waals surface area contributed by atoms with Crippen molar-refractivity contribution in [3.63, 3.8) is 0 Å². The van der Waals surface area contributed by atoms with Gasteiger partial charge in [-0.15, -0.1) is 6.42 Å². The second kappa shape index (κ2) is 6.99. The van der Waals surface area contributed by atoms with E-state index < -0.39 is 29.7 Å². The molecule has 0 bridgehead atoms. The molecule has 0 radical (unpaired) electrons. The Kier molecular flexibility index (Phi) is 4.99. The van der Waals surface area contributed by atoms with Gasteiger partial charge in [-0.1, -0.05) is 24.9 Å². The lowest BCUT2D eigenvalue weighted by atomic mass is 9.44. The van der Waals surface area contributed by atoms with Gasteiger partial charge >= 0.3 is 5.97 Å². The van der Waals surface area contributed by atoms with Crippen molar-refractivity contribution in [3.8, 4) is 12.3 Å². The van der Waals surface area contributed by atoms with E-state index in [-0.39, 0.29) is 11.3 Å². The average molecular weight is 404 g/mol. The Balaban J connectivity index is 1.53. The summed E-state index contributed by atoms with van der Waals surface area (Å²) in [6.45, 7) is 4.10. The van der Waals surface area contributed by atoms with Crippen molar-refractivity contribution in [2.75, 3.05) is 6.61 Å². The lowest BCUT2D eigenvalue weighted by Gasteiger charge is -2.60. The van der Waals surface area contributed by atoms with E-state index in [9.17, 15) is 15.0 Å². The number of oxime groups is 1. The van der Waals surface area contributed by atoms with Crippen molar-refractivity contribution in [2.24, 2.45) is 39.7 Å². The van der Waals surface area contributed by atoms with E-state index in [0.29, 0.717) is 24.2 Å². The largest absolute Gasteiger partial charge is 0.479 e. The zero-order valence-corrected chi connectivity index (χ0v) is 17.4. The second-order valence-corrected chi connectivity index (χ2v) is 10.3. The van der Waals surface area contributed by atoms with Crippen LogP contribution >= 0.6 is 0 Å². The first-order chi connectivity index (χ1) is 13.7. The van der Waals surface area contributed by atoms with E-state index >= 15 is 0 Å². The SMILES string of the molecule is C#C[C@]1(O)[C@@H](O)C[C@H]2[C@@H]3CC[C@H]4C/C(=N/OCC(=O)O)CC[C@]4(C)[C@H]3CC[C@@]21C. The number of nitrogens with zero attached hydrogens (tertiary/aromatic N) is 1. The number of aliphatic carboxylic acids is 1. The Labute approximate surface area is 172 Å². The van der Waals surface area contributed by atoms with Gasteiger partial charge in [0.05, 0.1) is 11.8 Å². The van der Waals surface area contributed by atoms with Crippen molar-refractivity contribution in [3.05, 3.63) is 0 Å². The third-order valence-electron chi connectivity index (χ3n) is 9.32. The zero-order valence-electron chi connectivity index (χ0n) is 17.4. The zero-order chi connectivity index (χ0) is 21.0. The summed E-state index contributed by atoms with van der Waals surface area (Å²) < 4.78 is 0. The molecule has 0 aliphatic heterocycles. The molecule has 0 aromatic rings. The number of terminal acetylenes is 1. The molecule has 6 heteroatoms. The van der Waals surface area contributed by atoms with E-state index in [4.69, 9.17) is 16.4 Å². The molecule has 4 aliphatic carbocycles. The van der Waals surface area contributed by atoms with Crippen LogP contribution in [0.2, 0.25) is 0 Å². The van der Waals surface area contributed by atoms with Gasteiger partial charge in [-0.05, 0) is 80.5 Å². The summed E-state index contributed by atoms with van der Waals surface area (Å²) in [7, 11) is 0. The van der Waals surface area contributed by atoms with Gasteiger partial charge in [0.15, 0.2) is 5.60 Å². The summed E-state index contributed by atoms with van der Waals surface area (Å²) in [4.78, 5) is 15.6. The van der Waals surface area contributed by atoms with E-state index in [2.05, 4.69) is 24.9 Å². The van der Waals surface area contributed by atoms with E-state index in [1.165, 1.54) is 0 Å². The first kappa shape index (κ1) is 20.7. The van der Waals surface area contributed by atoms with Crippen LogP contribution in [0, 0.1) is 46.8 Å². The molecule has 0 unspecified atom stereocenters. The lowest BCUT2D eigenvalue weighted by molar-refractivity contribution is -0.142. The molecule has 8 atom stereocenters. The predicted molar refractivity (Wildman–Crippen MR) is 108 cm³/mol. The second-order valence-electron chi connectivity index (χ2n) is 10.3. The van der Waals surface area contributed by atoms with Crippen LogP contribution in [0.1, 0.15) is 65.2 Å². The standard InChI is InChI=1S/C23H33NO5/c1-4-23(28)19(25)12-18-16-6-5-14-11-15(24-29-13-20(26)27)7-9-21(14,2)17(16)8-10-22(18,23)3/h1,14,16-19,25,28H,5-13H2,2-3H3,(H,26,27)/b24-15+/t14-,16+,17-,18-,19-,21-,22-,23-/m0/s1. The van der Waals surface area contributed by atoms with Crippen molar-refractivity contribution >= 4 is 11.7 Å². The van der Waals surface area contributed by atoms with Gasteiger partial charge in [0.2, 0.25) is 6.61 Å². The Hall–Kier alpha value is -1.58. The molecule has 0 spiro atoms. The number of rotatable bonds is 3. The quantitative estimate of drug-likeness (QED) is 0.497. The molecule has 29 heavy (non-hydrogen) atoms. The summed E-state index contributed by atoms with van der Waals surface area (Å²) in [5.74, 6) is 3.37. The third kappa shape index (κ3) is 2.92. The van der Waals surface area contributed by atoms with Crippen LogP contribution in [-0.4, -0.2) is 45.3 Å². The molecule has 6 nitrogen and oxygen atoms in total. The predicted octanol–water partition coefficient (Wildman–Crippen LogP) is 2.82. The number of carboxylic acids is 1. The first-order valence-corrected chi connectivity index (χ1v) is 10.9. The fourth-order valence-corrected chi connectivity index (χ4v) is 7.60. The molecular weight excluding hydrogens is 370 g/mol. The van der Waals surface area contributed by atoms with Crippen LogP contribution in [-0.2, 0) is 9.63 Å². The molecule has 160 valence electrons. The minimum absolute atomic E-state index is 0.206. The Morgan fingerprint density at radius 2 is 2.03 bits per heavy atom. The van der Waals surface area contributed by atoms with Crippen molar-refractivity contribution in [2.45, 2.75) is 76.9 Å². The molecule has 4 rings (SSSR count). The van der Waals surface area contributed by atoms with Crippen molar-refractivity contribution < 1.29 is 25.0 Å². The average Bonchev–Trinajstić information content (AvgIpc) is 2.89. The molecule has 0 amide bonds. The van der Waals surface area contributed by atoms with Gasteiger partial charge in [-0.25, -0.2) is 4.79 Å². The number of fused-ring (bicyclic) bond motifs is 5. The van der Waals surface area contributed by atoms with Gasteiger partial charge in [0.1, 0.15) is 0 Å². The maximum Gasteiger partial charge on any atom is 0.344 e. The Morgan fingerprint density at radius 1 is 1.28 bits per heavy atom. The van der Waals surface area contributed by atoms with Crippen LogP contribution < -0.4 is 0 Å². The molecule has 0 heterocycles. The van der Waals surface area contributed by atoms with Gasteiger partial charge < -0.3 is 20.2 Å². The van der Waals surface area contributed by atoms with E-state index in [0.717, 1.165) is 50.7 Å². The monoisotopic (exact) mass is 403 g/mol. The van der Waals surface area contributed by atoms with Crippen LogP contribution in [0.25, 0.3) is 0 Å². The number of hydrogen-bond acceptors (Lipinski definition) is 5. The van der Waals surface area contributed by atoms with Crippen LogP contribution in [0.4, 0.5) is 0 Å². The Morgan fingerprint density at radius 3 is 2.72 bits per heavy atom. The molecule has 0 saturated heterocycles. The van der Waals surface area contributed by atoms with Crippen molar-refractivity contribution in [1.29, 1.82) is 0 Å². The molecule has 4 fully saturated rings. The summed E-state index contributed by atoms with van der Waals surface area (Å²) >= 11 is 0. The minimum Gasteiger partial charge on any atom is -0.479 e. The number of aliphatic hydroxyl groups is 2. The highest BCUT2D eigenvalue weighted by Crippen LogP contribution is 2.67. The lowest BCUT2D eigenvalue weighted by Crippen LogP contribution is -2.57. The first-order valence-electron chi connectivity index (χ1n) is 10.9. The van der Waals surface area contributed by atoms with Gasteiger partial charge in [-0.2, -0.15) is 0 Å². The fourth-order valence-electron chi connectivity index (χ4n) is 7.60. The summed E-state index contributed by atoms with van der Waals surface area (Å²) in [6, 6.07) is 0. The molecular formula is C23H33NO5. The molecule has 3 N–H and O–H groups in total. The van der Waals surface area contributed by atoms with Crippen LogP contribution in [0.3, 0.4) is 0 Å². The molecule has 4 saturated carbocycles. The molecule has 0 aromatic carbocycles. The summed E-state index contributed by atoms with van der Waals surface area (Å²) in [5.41, 5.74) is -0.658. The van der Waals surface area contributed by atoms with Crippen LogP contribution in [0.15, 0.2) is 5.16 Å². The Bertz CT molecular complexity index is 759. The molecule has 4 aliphatic rings. The third-order valence-corrected chi connectivity index (χ3v) is 9.32. The highest BCUT2D eigenvalue weighted by molar-refractivity contribution is 5.85. The van der Waals surface area contributed by atoms with Gasteiger partial charge in [0.25, 0.3) is 0 Å². The smallest absolute Gasteiger partial charge is 0.344 e. The summed E-state index contributed by atoms with van der Waals surface area (Å²) in [6.07, 6.45) is 12.2.